The van der Waals surface area contributed by atoms with Crippen molar-refractivity contribution in [2.75, 3.05) is 6.54 Å². The summed E-state index contributed by atoms with van der Waals surface area (Å²) >= 11 is 5.73. The zero-order valence-electron chi connectivity index (χ0n) is 11.0. The molecule has 1 fully saturated rings. The average Bonchev–Trinajstić information content (AvgIpc) is 2.35. The molecule has 1 aliphatic rings. The summed E-state index contributed by atoms with van der Waals surface area (Å²) in [5, 5.41) is 22.5. The summed E-state index contributed by atoms with van der Waals surface area (Å²) in [7, 11) is 0. The second-order valence-electron chi connectivity index (χ2n) is 5.01. The highest BCUT2D eigenvalue weighted by atomic mass is 35.5. The number of carboxylic acid groups (broad SMARTS) is 1. The van der Waals surface area contributed by atoms with Crippen molar-refractivity contribution in [2.45, 2.75) is 19.3 Å². The van der Waals surface area contributed by atoms with Gasteiger partial charge in [0.15, 0.2) is 0 Å². The van der Waals surface area contributed by atoms with E-state index in [2.05, 4.69) is 5.32 Å². The number of halogens is 1. The molecule has 0 radical (unpaired) electrons. The Labute approximate surface area is 125 Å². The normalized spacial score (nSPS) is 15.9. The molecule has 0 aromatic heterocycles. The molecule has 0 heterocycles. The lowest BCUT2D eigenvalue weighted by molar-refractivity contribution is -0.385. The number of hydrogen-bond donors (Lipinski definition) is 2. The van der Waals surface area contributed by atoms with Crippen molar-refractivity contribution < 1.29 is 19.6 Å². The molecule has 112 valence electrons. The van der Waals surface area contributed by atoms with Crippen molar-refractivity contribution in [3.63, 3.8) is 0 Å². The highest BCUT2D eigenvalue weighted by Gasteiger charge is 2.44. The van der Waals surface area contributed by atoms with Gasteiger partial charge >= 0.3 is 11.7 Å². The van der Waals surface area contributed by atoms with Gasteiger partial charge in [-0.15, -0.1) is 0 Å². The quantitative estimate of drug-likeness (QED) is 0.640. The molecule has 2 rings (SSSR count). The summed E-state index contributed by atoms with van der Waals surface area (Å²) < 4.78 is 0. The van der Waals surface area contributed by atoms with Crippen molar-refractivity contribution in [3.05, 3.63) is 38.9 Å². The fourth-order valence-electron chi connectivity index (χ4n) is 2.30. The Hall–Kier alpha value is -2.15. The number of carboxylic acids is 1. The number of rotatable bonds is 5. The van der Waals surface area contributed by atoms with E-state index in [0.29, 0.717) is 12.8 Å². The van der Waals surface area contributed by atoms with E-state index in [9.17, 15) is 24.8 Å². The van der Waals surface area contributed by atoms with Crippen LogP contribution in [0.25, 0.3) is 0 Å². The van der Waals surface area contributed by atoms with Crippen LogP contribution in [0, 0.1) is 15.5 Å². The summed E-state index contributed by atoms with van der Waals surface area (Å²) in [5.74, 6) is -1.66. The lowest BCUT2D eigenvalue weighted by Gasteiger charge is -2.37. The van der Waals surface area contributed by atoms with Gasteiger partial charge in [-0.1, -0.05) is 24.1 Å². The Morgan fingerprint density at radius 2 is 2.10 bits per heavy atom. The maximum absolute atomic E-state index is 12.1. The van der Waals surface area contributed by atoms with E-state index in [-0.39, 0.29) is 17.1 Å². The Morgan fingerprint density at radius 1 is 1.43 bits per heavy atom. The summed E-state index contributed by atoms with van der Waals surface area (Å²) in [6, 6.07) is 4.04. The molecule has 0 saturated heterocycles. The van der Waals surface area contributed by atoms with Crippen LogP contribution < -0.4 is 5.32 Å². The Bertz CT molecular complexity index is 613. The number of para-hydroxylation sites is 1. The molecule has 0 bridgehead atoms. The Kier molecular flexibility index (Phi) is 4.13. The SMILES string of the molecule is O=C(NCC1(C(=O)O)CCC1)c1cccc(Cl)c1[N+](=O)[O-]. The van der Waals surface area contributed by atoms with Crippen LogP contribution in [-0.2, 0) is 4.79 Å². The van der Waals surface area contributed by atoms with Crippen molar-refractivity contribution in [3.8, 4) is 0 Å². The molecule has 2 N–H and O–H groups in total. The minimum absolute atomic E-state index is 0.0508. The minimum atomic E-state index is -0.963. The second kappa shape index (κ2) is 5.69. The van der Waals surface area contributed by atoms with Crippen LogP contribution in [0.5, 0.6) is 0 Å². The maximum Gasteiger partial charge on any atom is 0.311 e. The highest BCUT2D eigenvalue weighted by molar-refractivity contribution is 6.33. The van der Waals surface area contributed by atoms with E-state index in [0.717, 1.165) is 6.42 Å². The van der Waals surface area contributed by atoms with Crippen molar-refractivity contribution in [2.24, 2.45) is 5.41 Å². The van der Waals surface area contributed by atoms with E-state index in [1.165, 1.54) is 18.2 Å². The molecule has 1 aliphatic carbocycles. The molecule has 1 amide bonds. The first kappa shape index (κ1) is 15.2. The van der Waals surface area contributed by atoms with Crippen LogP contribution in [-0.4, -0.2) is 28.5 Å². The fourth-order valence-corrected chi connectivity index (χ4v) is 2.54. The standard InChI is InChI=1S/C13H13ClN2O5/c14-9-4-1-3-8(10(9)16(20)21)11(17)15-7-13(12(18)19)5-2-6-13/h1,3-4H,2,5-7H2,(H,15,17)(H,18,19). The Morgan fingerprint density at radius 3 is 2.57 bits per heavy atom. The molecule has 0 aliphatic heterocycles. The van der Waals surface area contributed by atoms with Gasteiger partial charge in [-0.3, -0.25) is 19.7 Å². The number of nitrogens with zero attached hydrogens (tertiary/aromatic N) is 1. The first-order valence-corrected chi connectivity index (χ1v) is 6.70. The van der Waals surface area contributed by atoms with Crippen LogP contribution >= 0.6 is 11.6 Å². The Balaban J connectivity index is 2.16. The average molecular weight is 313 g/mol. The number of aliphatic carboxylic acids is 1. The molecule has 0 spiro atoms. The third kappa shape index (κ3) is 2.82. The smallest absolute Gasteiger partial charge is 0.311 e. The third-order valence-corrected chi connectivity index (χ3v) is 4.07. The molecular formula is C13H13ClN2O5. The molecule has 1 aromatic rings. The molecule has 7 nitrogen and oxygen atoms in total. The molecule has 8 heteroatoms. The number of hydrogen-bond acceptors (Lipinski definition) is 4. The van der Waals surface area contributed by atoms with Gasteiger partial charge in [-0.05, 0) is 25.0 Å². The zero-order valence-corrected chi connectivity index (χ0v) is 11.7. The predicted molar refractivity (Wildman–Crippen MR) is 74.4 cm³/mol. The van der Waals surface area contributed by atoms with Gasteiger partial charge in [-0.25, -0.2) is 0 Å². The third-order valence-electron chi connectivity index (χ3n) is 3.77. The summed E-state index contributed by atoms with van der Waals surface area (Å²) in [4.78, 5) is 33.5. The van der Waals surface area contributed by atoms with Crippen molar-refractivity contribution in [1.82, 2.24) is 5.32 Å². The van der Waals surface area contributed by atoms with Crippen LogP contribution in [0.3, 0.4) is 0 Å². The van der Waals surface area contributed by atoms with Crippen molar-refractivity contribution in [1.29, 1.82) is 0 Å². The molecule has 1 aromatic carbocycles. The molecule has 1 saturated carbocycles. The molecule has 0 unspecified atom stereocenters. The largest absolute Gasteiger partial charge is 0.481 e. The number of amides is 1. The summed E-state index contributed by atoms with van der Waals surface area (Å²) in [6.45, 7) is -0.0508. The van der Waals surface area contributed by atoms with Gasteiger partial charge in [0.2, 0.25) is 0 Å². The van der Waals surface area contributed by atoms with E-state index in [1.807, 2.05) is 0 Å². The van der Waals surface area contributed by atoms with Gasteiger partial charge in [-0.2, -0.15) is 0 Å². The van der Waals surface area contributed by atoms with E-state index >= 15 is 0 Å². The van der Waals surface area contributed by atoms with Gasteiger partial charge < -0.3 is 10.4 Å². The van der Waals surface area contributed by atoms with Gasteiger partial charge in [0.1, 0.15) is 10.6 Å². The first-order valence-electron chi connectivity index (χ1n) is 6.32. The lowest BCUT2D eigenvalue weighted by Crippen LogP contribution is -2.47. The highest BCUT2D eigenvalue weighted by Crippen LogP contribution is 2.40. The van der Waals surface area contributed by atoms with Crippen LogP contribution in [0.15, 0.2) is 18.2 Å². The molecular weight excluding hydrogens is 300 g/mol. The van der Waals surface area contributed by atoms with E-state index < -0.39 is 27.9 Å². The zero-order chi connectivity index (χ0) is 15.6. The maximum atomic E-state index is 12.1. The molecule has 0 atom stereocenters. The van der Waals surface area contributed by atoms with Crippen molar-refractivity contribution >= 4 is 29.2 Å². The number of nitrogens with one attached hydrogen (secondary N) is 1. The van der Waals surface area contributed by atoms with Crippen LogP contribution in [0.1, 0.15) is 29.6 Å². The number of benzene rings is 1. The van der Waals surface area contributed by atoms with Gasteiger partial charge in [0.25, 0.3) is 5.91 Å². The topological polar surface area (TPSA) is 110 Å². The predicted octanol–water partition coefficient (Wildman–Crippen LogP) is 2.23. The number of nitro groups is 1. The summed E-state index contributed by atoms with van der Waals surface area (Å²) in [6.07, 6.45) is 1.76. The second-order valence-corrected chi connectivity index (χ2v) is 5.42. The van der Waals surface area contributed by atoms with E-state index in [4.69, 9.17) is 11.6 Å². The lowest BCUT2D eigenvalue weighted by atomic mass is 9.69. The monoisotopic (exact) mass is 312 g/mol. The van der Waals surface area contributed by atoms with Crippen LogP contribution in [0.2, 0.25) is 5.02 Å². The number of nitro benzene ring substituents is 1. The van der Waals surface area contributed by atoms with Crippen LogP contribution in [0.4, 0.5) is 5.69 Å². The first-order chi connectivity index (χ1) is 9.87. The molecule has 21 heavy (non-hydrogen) atoms. The number of carbonyl (C=O) groups excluding carboxylic acids is 1. The number of carbonyl (C=O) groups is 2. The van der Waals surface area contributed by atoms with Gasteiger partial charge in [0, 0.05) is 6.54 Å². The fraction of sp³-hybridized carbons (Fsp3) is 0.385. The summed E-state index contributed by atoms with van der Waals surface area (Å²) in [5.41, 5.74) is -1.61. The van der Waals surface area contributed by atoms with Gasteiger partial charge in [0.05, 0.1) is 10.3 Å². The minimum Gasteiger partial charge on any atom is -0.481 e. The van der Waals surface area contributed by atoms with E-state index in [1.54, 1.807) is 0 Å².